The van der Waals surface area contributed by atoms with Crippen LogP contribution in [0.1, 0.15) is 47.2 Å². The molecule has 6 aromatic rings. The van der Waals surface area contributed by atoms with E-state index in [1.165, 1.54) is 60.9 Å². The van der Waals surface area contributed by atoms with Gasteiger partial charge in [0.1, 0.15) is 0 Å². The van der Waals surface area contributed by atoms with E-state index in [9.17, 15) is 0 Å². The molecular formula is C34H26N2. The summed E-state index contributed by atoms with van der Waals surface area (Å²) in [6, 6.07) is 40.2. The number of aromatic nitrogens is 1. The third-order valence-electron chi connectivity index (χ3n) is 8.77. The Kier molecular flexibility index (Phi) is 3.58. The van der Waals surface area contributed by atoms with Gasteiger partial charge in [0.25, 0.3) is 0 Å². The minimum absolute atomic E-state index is 0.141. The number of rotatable bonds is 0. The molecule has 2 heterocycles. The van der Waals surface area contributed by atoms with Gasteiger partial charge in [0, 0.05) is 21.9 Å². The maximum Gasteiger partial charge on any atom is 0.0749 e. The molecule has 8 rings (SSSR count). The van der Waals surface area contributed by atoms with Crippen molar-refractivity contribution in [2.45, 2.75) is 24.7 Å². The summed E-state index contributed by atoms with van der Waals surface area (Å²) in [6.07, 6.45) is 0. The SMILES string of the molecule is CC1(C)c2ccccc2C2(c3ccccc3-n3c4ccccc4c4cccc2c43)c2cc(N)ccc21. The third kappa shape index (κ3) is 2.11. The highest BCUT2D eigenvalue weighted by Crippen LogP contribution is 2.60. The van der Waals surface area contributed by atoms with E-state index < -0.39 is 5.41 Å². The van der Waals surface area contributed by atoms with E-state index in [-0.39, 0.29) is 5.41 Å². The number of nitrogens with two attached hydrogens (primary N) is 1. The molecule has 5 aromatic carbocycles. The summed E-state index contributed by atoms with van der Waals surface area (Å²) in [4.78, 5) is 0. The highest BCUT2D eigenvalue weighted by atomic mass is 15.0. The molecule has 0 amide bonds. The fourth-order valence-corrected chi connectivity index (χ4v) is 7.35. The van der Waals surface area contributed by atoms with Crippen LogP contribution in [0, 0.1) is 0 Å². The maximum absolute atomic E-state index is 6.55. The number of hydrogen-bond donors (Lipinski definition) is 1. The van der Waals surface area contributed by atoms with Crippen LogP contribution in [0.25, 0.3) is 27.5 Å². The van der Waals surface area contributed by atoms with E-state index in [0.717, 1.165) is 5.69 Å². The Morgan fingerprint density at radius 2 is 1.19 bits per heavy atom. The zero-order valence-corrected chi connectivity index (χ0v) is 20.4. The lowest BCUT2D eigenvalue weighted by molar-refractivity contribution is 0.556. The summed E-state index contributed by atoms with van der Waals surface area (Å²) in [5.41, 5.74) is 18.5. The monoisotopic (exact) mass is 462 g/mol. The molecule has 1 aliphatic heterocycles. The van der Waals surface area contributed by atoms with Gasteiger partial charge in [-0.15, -0.1) is 0 Å². The highest BCUT2D eigenvalue weighted by Gasteiger charge is 2.52. The number of nitrogen functional groups attached to an aromatic ring is 1. The largest absolute Gasteiger partial charge is 0.399 e. The van der Waals surface area contributed by atoms with Crippen molar-refractivity contribution in [1.29, 1.82) is 0 Å². The second-order valence-corrected chi connectivity index (χ2v) is 10.8. The molecule has 36 heavy (non-hydrogen) atoms. The Hall–Kier alpha value is -4.30. The standard InChI is InChI=1S/C34H26N2/c1-33(2)24-12-4-5-13-26(24)34(29-20-21(35)18-19-25(29)33)27-14-6-8-17-31(27)36-30-16-7-3-10-22(30)23-11-9-15-28(34)32(23)36/h3-20H,35H2,1-2H3. The first kappa shape index (κ1) is 19.9. The summed E-state index contributed by atoms with van der Waals surface area (Å²) in [7, 11) is 0. The molecule has 2 heteroatoms. The van der Waals surface area contributed by atoms with E-state index in [1.807, 2.05) is 0 Å². The molecule has 1 atom stereocenters. The van der Waals surface area contributed by atoms with Crippen LogP contribution in [0.5, 0.6) is 0 Å². The molecule has 1 spiro atoms. The number of benzene rings is 5. The Bertz CT molecular complexity index is 1890. The lowest BCUT2D eigenvalue weighted by Crippen LogP contribution is -2.44. The Morgan fingerprint density at radius 1 is 0.556 bits per heavy atom. The van der Waals surface area contributed by atoms with E-state index in [4.69, 9.17) is 5.73 Å². The number of nitrogens with zero attached hydrogens (tertiary/aromatic N) is 1. The first-order chi connectivity index (χ1) is 17.5. The quantitative estimate of drug-likeness (QED) is 0.230. The van der Waals surface area contributed by atoms with Crippen molar-refractivity contribution >= 4 is 27.5 Å². The van der Waals surface area contributed by atoms with Crippen molar-refractivity contribution in [1.82, 2.24) is 4.57 Å². The molecule has 0 saturated heterocycles. The summed E-state index contributed by atoms with van der Waals surface area (Å²) in [6.45, 7) is 4.69. The highest BCUT2D eigenvalue weighted by molar-refractivity contribution is 6.12. The van der Waals surface area contributed by atoms with E-state index in [1.54, 1.807) is 0 Å². The van der Waals surface area contributed by atoms with Crippen LogP contribution in [0.4, 0.5) is 5.69 Å². The molecule has 1 aliphatic carbocycles. The number of para-hydroxylation sites is 3. The van der Waals surface area contributed by atoms with Gasteiger partial charge in [-0.25, -0.2) is 0 Å². The predicted molar refractivity (Wildman–Crippen MR) is 149 cm³/mol. The van der Waals surface area contributed by atoms with Gasteiger partial charge in [-0.2, -0.15) is 0 Å². The first-order valence-corrected chi connectivity index (χ1v) is 12.7. The van der Waals surface area contributed by atoms with Gasteiger partial charge in [0.15, 0.2) is 0 Å². The van der Waals surface area contributed by atoms with Gasteiger partial charge in [-0.3, -0.25) is 0 Å². The van der Waals surface area contributed by atoms with E-state index in [2.05, 4.69) is 128 Å². The molecule has 0 saturated carbocycles. The van der Waals surface area contributed by atoms with Crippen molar-refractivity contribution in [2.24, 2.45) is 0 Å². The minimum atomic E-state index is -0.461. The average molecular weight is 463 g/mol. The maximum atomic E-state index is 6.55. The second-order valence-electron chi connectivity index (χ2n) is 10.8. The second kappa shape index (κ2) is 6.47. The summed E-state index contributed by atoms with van der Waals surface area (Å²) < 4.78 is 2.48. The van der Waals surface area contributed by atoms with Crippen LogP contribution < -0.4 is 5.73 Å². The van der Waals surface area contributed by atoms with Crippen LogP contribution in [0.3, 0.4) is 0 Å². The molecule has 2 N–H and O–H groups in total. The number of anilines is 1. The normalized spacial score (nSPS) is 18.7. The van der Waals surface area contributed by atoms with Gasteiger partial charge >= 0.3 is 0 Å². The van der Waals surface area contributed by atoms with Gasteiger partial charge < -0.3 is 10.3 Å². The van der Waals surface area contributed by atoms with Crippen molar-refractivity contribution in [3.63, 3.8) is 0 Å². The summed E-state index contributed by atoms with van der Waals surface area (Å²) in [5.74, 6) is 0. The fraction of sp³-hybridized carbons (Fsp3) is 0.118. The van der Waals surface area contributed by atoms with E-state index in [0.29, 0.717) is 0 Å². The molecule has 0 radical (unpaired) electrons. The zero-order valence-electron chi connectivity index (χ0n) is 20.4. The zero-order chi connectivity index (χ0) is 24.2. The Balaban J connectivity index is 1.70. The minimum Gasteiger partial charge on any atom is -0.399 e. The number of fused-ring (bicyclic) bond motifs is 11. The van der Waals surface area contributed by atoms with Gasteiger partial charge in [-0.1, -0.05) is 98.8 Å². The van der Waals surface area contributed by atoms with Crippen LogP contribution in [-0.4, -0.2) is 4.57 Å². The summed E-state index contributed by atoms with van der Waals surface area (Å²) >= 11 is 0. The summed E-state index contributed by atoms with van der Waals surface area (Å²) in [5, 5.41) is 2.59. The first-order valence-electron chi connectivity index (χ1n) is 12.7. The van der Waals surface area contributed by atoms with Crippen molar-refractivity contribution in [2.75, 3.05) is 5.73 Å². The van der Waals surface area contributed by atoms with Gasteiger partial charge in [0.2, 0.25) is 0 Å². The fourth-order valence-electron chi connectivity index (χ4n) is 7.35. The molecule has 1 unspecified atom stereocenters. The van der Waals surface area contributed by atoms with Crippen molar-refractivity contribution < 1.29 is 0 Å². The van der Waals surface area contributed by atoms with Crippen LogP contribution in [-0.2, 0) is 10.8 Å². The Labute approximate surface area is 210 Å². The lowest BCUT2D eigenvalue weighted by atomic mass is 9.53. The van der Waals surface area contributed by atoms with Crippen LogP contribution in [0.15, 0.2) is 109 Å². The van der Waals surface area contributed by atoms with Crippen LogP contribution in [0.2, 0.25) is 0 Å². The smallest absolute Gasteiger partial charge is 0.0749 e. The lowest BCUT2D eigenvalue weighted by Gasteiger charge is -2.50. The van der Waals surface area contributed by atoms with Gasteiger partial charge in [0.05, 0.1) is 22.1 Å². The predicted octanol–water partition coefficient (Wildman–Crippen LogP) is 7.70. The molecule has 172 valence electrons. The average Bonchev–Trinajstić information content (AvgIpc) is 3.24. The molecule has 2 aliphatic rings. The van der Waals surface area contributed by atoms with Crippen molar-refractivity contribution in [3.8, 4) is 5.69 Å². The van der Waals surface area contributed by atoms with Gasteiger partial charge in [-0.05, 0) is 57.6 Å². The van der Waals surface area contributed by atoms with Crippen LogP contribution >= 0.6 is 0 Å². The molecular weight excluding hydrogens is 436 g/mol. The third-order valence-corrected chi connectivity index (χ3v) is 8.77. The Morgan fingerprint density at radius 3 is 2.06 bits per heavy atom. The molecule has 1 aromatic heterocycles. The molecule has 2 nitrogen and oxygen atoms in total. The molecule has 0 fully saturated rings. The number of hydrogen-bond acceptors (Lipinski definition) is 1. The topological polar surface area (TPSA) is 30.9 Å². The van der Waals surface area contributed by atoms with Crippen molar-refractivity contribution in [3.05, 3.63) is 143 Å². The van der Waals surface area contributed by atoms with E-state index >= 15 is 0 Å². The molecule has 0 bridgehead atoms.